The molecule has 0 saturated carbocycles. The third kappa shape index (κ3) is 4.25. The summed E-state index contributed by atoms with van der Waals surface area (Å²) in [5.74, 6) is 1.66. The van der Waals surface area contributed by atoms with E-state index in [1.54, 1.807) is 6.26 Å². The molecule has 2 unspecified atom stereocenters. The second-order valence-corrected chi connectivity index (χ2v) is 5.87. The molecule has 2 atom stereocenters. The van der Waals surface area contributed by atoms with Crippen molar-refractivity contribution < 1.29 is 8.63 Å². The van der Waals surface area contributed by atoms with Crippen LogP contribution in [0.2, 0.25) is 0 Å². The summed E-state index contributed by atoms with van der Waals surface area (Å²) in [5.41, 5.74) is 0.906. The van der Waals surface area contributed by atoms with Gasteiger partial charge >= 0.3 is 0 Å². The van der Waals surface area contributed by atoms with E-state index in [-0.39, 0.29) is 6.04 Å². The van der Waals surface area contributed by atoms with Crippen LogP contribution in [0.4, 0.5) is 0 Å². The number of hydrogen-bond acceptors (Lipinski definition) is 5. The molecule has 0 spiro atoms. The van der Waals surface area contributed by atoms with Crippen LogP contribution in [0.25, 0.3) is 11.5 Å². The Labute approximate surface area is 114 Å². The molecule has 102 valence electrons. The molecule has 2 rings (SSSR count). The average molecular weight is 279 g/mol. The maximum absolute atomic E-state index is 11.1. The fourth-order valence-corrected chi connectivity index (χ4v) is 2.52. The number of benzene rings is 1. The normalized spacial score (nSPS) is 14.2. The molecule has 1 aromatic heterocycles. The molecular formula is C13H17N3O2S. The largest absolute Gasteiger partial charge is 0.419 e. The number of hydrogen-bond donors (Lipinski definition) is 1. The van der Waals surface area contributed by atoms with E-state index < -0.39 is 10.8 Å². The average Bonchev–Trinajstić information content (AvgIpc) is 2.85. The van der Waals surface area contributed by atoms with Crippen LogP contribution in [-0.4, -0.2) is 32.5 Å². The van der Waals surface area contributed by atoms with Gasteiger partial charge in [-0.25, -0.2) is 0 Å². The van der Waals surface area contributed by atoms with E-state index >= 15 is 0 Å². The van der Waals surface area contributed by atoms with Gasteiger partial charge in [-0.2, -0.15) is 0 Å². The van der Waals surface area contributed by atoms with Gasteiger partial charge in [0.2, 0.25) is 11.8 Å². The van der Waals surface area contributed by atoms with Gasteiger partial charge in [0, 0.05) is 34.4 Å². The Morgan fingerprint density at radius 3 is 2.74 bits per heavy atom. The zero-order valence-electron chi connectivity index (χ0n) is 11.0. The van der Waals surface area contributed by atoms with Crippen molar-refractivity contribution in [2.45, 2.75) is 19.5 Å². The summed E-state index contributed by atoms with van der Waals surface area (Å²) >= 11 is 0. The van der Waals surface area contributed by atoms with Crippen LogP contribution in [0.5, 0.6) is 0 Å². The van der Waals surface area contributed by atoms with E-state index in [9.17, 15) is 4.21 Å². The Bertz CT molecular complexity index is 542. The predicted molar refractivity (Wildman–Crippen MR) is 75.0 cm³/mol. The van der Waals surface area contributed by atoms with Crippen molar-refractivity contribution in [3.8, 4) is 11.5 Å². The summed E-state index contributed by atoms with van der Waals surface area (Å²) in [6.45, 7) is 2.47. The first-order valence-corrected chi connectivity index (χ1v) is 7.79. The fraction of sp³-hybridized carbons (Fsp3) is 0.385. The lowest BCUT2D eigenvalue weighted by Crippen LogP contribution is -2.30. The van der Waals surface area contributed by atoms with E-state index in [0.29, 0.717) is 24.1 Å². The molecule has 0 saturated heterocycles. The fourth-order valence-electron chi connectivity index (χ4n) is 1.69. The molecular weight excluding hydrogens is 262 g/mol. The molecule has 2 aromatic rings. The SMILES string of the molecule is CC(CS(C)=O)NCc1nnc(-c2ccccc2)o1. The summed E-state index contributed by atoms with van der Waals surface area (Å²) in [6, 6.07) is 9.79. The zero-order chi connectivity index (χ0) is 13.7. The van der Waals surface area contributed by atoms with Crippen LogP contribution in [0.3, 0.4) is 0 Å². The maximum atomic E-state index is 11.1. The van der Waals surface area contributed by atoms with E-state index in [2.05, 4.69) is 15.5 Å². The Morgan fingerprint density at radius 2 is 2.05 bits per heavy atom. The van der Waals surface area contributed by atoms with Crippen molar-refractivity contribution in [2.24, 2.45) is 0 Å². The maximum Gasteiger partial charge on any atom is 0.247 e. The third-order valence-electron chi connectivity index (χ3n) is 2.57. The van der Waals surface area contributed by atoms with Crippen molar-refractivity contribution in [3.63, 3.8) is 0 Å². The molecule has 6 heteroatoms. The second-order valence-electron chi connectivity index (χ2n) is 4.39. The van der Waals surface area contributed by atoms with Gasteiger partial charge in [0.1, 0.15) is 0 Å². The third-order valence-corrected chi connectivity index (χ3v) is 3.54. The molecule has 1 aromatic carbocycles. The Morgan fingerprint density at radius 1 is 1.32 bits per heavy atom. The molecule has 19 heavy (non-hydrogen) atoms. The lowest BCUT2D eigenvalue weighted by atomic mass is 10.2. The highest BCUT2D eigenvalue weighted by Crippen LogP contribution is 2.16. The lowest BCUT2D eigenvalue weighted by Gasteiger charge is -2.09. The highest BCUT2D eigenvalue weighted by molar-refractivity contribution is 7.84. The highest BCUT2D eigenvalue weighted by atomic mass is 32.2. The van der Waals surface area contributed by atoms with E-state index in [1.165, 1.54) is 0 Å². The molecule has 0 aliphatic carbocycles. The van der Waals surface area contributed by atoms with E-state index in [4.69, 9.17) is 4.42 Å². The second kappa shape index (κ2) is 6.58. The Balaban J connectivity index is 1.93. The highest BCUT2D eigenvalue weighted by Gasteiger charge is 2.09. The van der Waals surface area contributed by atoms with Gasteiger partial charge in [-0.3, -0.25) is 4.21 Å². The van der Waals surface area contributed by atoms with Crippen LogP contribution in [0.1, 0.15) is 12.8 Å². The molecule has 0 aliphatic heterocycles. The molecule has 1 heterocycles. The van der Waals surface area contributed by atoms with Crippen LogP contribution >= 0.6 is 0 Å². The summed E-state index contributed by atoms with van der Waals surface area (Å²) in [4.78, 5) is 0. The Hall–Kier alpha value is -1.53. The van der Waals surface area contributed by atoms with Crippen LogP contribution in [0, 0.1) is 0 Å². The van der Waals surface area contributed by atoms with Crippen molar-refractivity contribution >= 4 is 10.8 Å². The van der Waals surface area contributed by atoms with Gasteiger partial charge in [0.15, 0.2) is 0 Å². The minimum Gasteiger partial charge on any atom is -0.419 e. The molecule has 0 aliphatic rings. The summed E-state index contributed by atoms with van der Waals surface area (Å²) in [6.07, 6.45) is 1.69. The predicted octanol–water partition coefficient (Wildman–Crippen LogP) is 1.59. The van der Waals surface area contributed by atoms with Gasteiger partial charge in [-0.1, -0.05) is 18.2 Å². The van der Waals surface area contributed by atoms with Crippen molar-refractivity contribution in [1.29, 1.82) is 0 Å². The van der Waals surface area contributed by atoms with Gasteiger partial charge in [-0.05, 0) is 19.1 Å². The Kier molecular flexibility index (Phi) is 4.81. The van der Waals surface area contributed by atoms with Gasteiger partial charge in [-0.15, -0.1) is 10.2 Å². The number of rotatable bonds is 6. The molecule has 0 radical (unpaired) electrons. The quantitative estimate of drug-likeness (QED) is 0.869. The van der Waals surface area contributed by atoms with Gasteiger partial charge in [0.05, 0.1) is 6.54 Å². The smallest absolute Gasteiger partial charge is 0.247 e. The first kappa shape index (κ1) is 13.9. The molecule has 0 fully saturated rings. The lowest BCUT2D eigenvalue weighted by molar-refractivity contribution is 0.459. The number of nitrogens with one attached hydrogen (secondary N) is 1. The number of aromatic nitrogens is 2. The molecule has 1 N–H and O–H groups in total. The first-order chi connectivity index (χ1) is 9.15. The van der Waals surface area contributed by atoms with Crippen molar-refractivity contribution in [1.82, 2.24) is 15.5 Å². The monoisotopic (exact) mass is 279 g/mol. The standard InChI is InChI=1S/C13H17N3O2S/c1-10(9-19(2)17)14-8-12-15-16-13(18-12)11-6-4-3-5-7-11/h3-7,10,14H,8-9H2,1-2H3. The molecule has 0 bridgehead atoms. The van der Waals surface area contributed by atoms with Crippen LogP contribution in [0.15, 0.2) is 34.7 Å². The van der Waals surface area contributed by atoms with E-state index in [0.717, 1.165) is 5.56 Å². The summed E-state index contributed by atoms with van der Waals surface area (Å²) in [5, 5.41) is 11.2. The number of nitrogens with zero attached hydrogens (tertiary/aromatic N) is 2. The van der Waals surface area contributed by atoms with Crippen molar-refractivity contribution in [2.75, 3.05) is 12.0 Å². The minimum absolute atomic E-state index is 0.151. The minimum atomic E-state index is -0.807. The van der Waals surface area contributed by atoms with E-state index in [1.807, 2.05) is 37.3 Å². The van der Waals surface area contributed by atoms with Crippen molar-refractivity contribution in [3.05, 3.63) is 36.2 Å². The first-order valence-electron chi connectivity index (χ1n) is 6.06. The van der Waals surface area contributed by atoms with Gasteiger partial charge < -0.3 is 9.73 Å². The van der Waals surface area contributed by atoms with Crippen LogP contribution < -0.4 is 5.32 Å². The molecule has 5 nitrogen and oxygen atoms in total. The summed E-state index contributed by atoms with van der Waals surface area (Å²) in [7, 11) is -0.807. The molecule has 0 amide bonds. The topological polar surface area (TPSA) is 68.0 Å². The zero-order valence-corrected chi connectivity index (χ0v) is 11.8. The summed E-state index contributed by atoms with van der Waals surface area (Å²) < 4.78 is 16.6. The van der Waals surface area contributed by atoms with Gasteiger partial charge in [0.25, 0.3) is 0 Å². The van der Waals surface area contributed by atoms with Crippen LogP contribution in [-0.2, 0) is 17.3 Å².